The van der Waals surface area contributed by atoms with Crippen molar-refractivity contribution in [2.75, 3.05) is 0 Å². The fourth-order valence-electron chi connectivity index (χ4n) is 0.507. The van der Waals surface area contributed by atoms with Gasteiger partial charge in [-0.05, 0) is 18.9 Å². The minimum atomic E-state index is 0.197. The molecule has 0 spiro atoms. The summed E-state index contributed by atoms with van der Waals surface area (Å²) in [5.41, 5.74) is 0.197. The zero-order valence-corrected chi connectivity index (χ0v) is 6.29. The highest BCUT2D eigenvalue weighted by Crippen LogP contribution is 2.01. The molecule has 1 N–H and O–H groups in total. The summed E-state index contributed by atoms with van der Waals surface area (Å²) in [4.78, 5) is 0. The Balaban J connectivity index is 0.000000128. The van der Waals surface area contributed by atoms with Crippen LogP contribution in [0.5, 0.6) is 0 Å². The summed E-state index contributed by atoms with van der Waals surface area (Å²) >= 11 is 0. The first-order valence-corrected chi connectivity index (χ1v) is 3.63. The fourth-order valence-corrected chi connectivity index (χ4v) is 0.507. The second-order valence-corrected chi connectivity index (χ2v) is 2.22. The monoisotopic (exact) mass is 149 g/mol. The van der Waals surface area contributed by atoms with E-state index in [0.717, 1.165) is 0 Å². The highest BCUT2D eigenvalue weighted by atomic mass is 16.3. The van der Waals surface area contributed by atoms with Gasteiger partial charge in [-0.2, -0.15) is 0 Å². The van der Waals surface area contributed by atoms with E-state index in [9.17, 15) is 0 Å². The largest absolute Gasteiger partial charge is 0.447 e. The fraction of sp³-hybridized carbons (Fsp3) is 0.222. The molecule has 1 heterocycles. The van der Waals surface area contributed by atoms with Crippen LogP contribution in [-0.4, -0.2) is 0 Å². The standard InChI is InChI=1S/C5H5NO.C4H6/c6-5-3-1-2-4-7-5;1-2-4-3-1/h1-4,6H;1-2H,3-4H2. The van der Waals surface area contributed by atoms with Gasteiger partial charge in [-0.15, -0.1) is 0 Å². The van der Waals surface area contributed by atoms with Gasteiger partial charge < -0.3 is 4.42 Å². The average Bonchev–Trinajstić information content (AvgIpc) is 1.85. The second-order valence-electron chi connectivity index (χ2n) is 2.22. The predicted octanol–water partition coefficient (Wildman–Crippen LogP) is 2.10. The number of hydrogen-bond acceptors (Lipinski definition) is 2. The third-order valence-corrected chi connectivity index (χ3v) is 1.30. The van der Waals surface area contributed by atoms with Crippen molar-refractivity contribution in [3.8, 4) is 0 Å². The summed E-state index contributed by atoms with van der Waals surface area (Å²) in [6.07, 6.45) is 8.47. The van der Waals surface area contributed by atoms with E-state index in [1.54, 1.807) is 18.2 Å². The van der Waals surface area contributed by atoms with Crippen LogP contribution in [0.25, 0.3) is 0 Å². The lowest BCUT2D eigenvalue weighted by molar-refractivity contribution is 0.486. The van der Waals surface area contributed by atoms with Gasteiger partial charge >= 0.3 is 0 Å². The van der Waals surface area contributed by atoms with E-state index in [-0.39, 0.29) is 5.55 Å². The average molecular weight is 149 g/mol. The van der Waals surface area contributed by atoms with Crippen LogP contribution in [0.1, 0.15) is 12.8 Å². The Hall–Kier alpha value is -1.31. The summed E-state index contributed by atoms with van der Waals surface area (Å²) in [7, 11) is 0. The van der Waals surface area contributed by atoms with Crippen LogP contribution < -0.4 is 5.55 Å². The van der Waals surface area contributed by atoms with Crippen LogP contribution in [-0.2, 0) is 0 Å². The van der Waals surface area contributed by atoms with Crippen LogP contribution in [0.4, 0.5) is 0 Å². The van der Waals surface area contributed by atoms with Crippen molar-refractivity contribution in [2.24, 2.45) is 0 Å². The molecule has 0 saturated carbocycles. The third kappa shape index (κ3) is 3.40. The molecule has 58 valence electrons. The van der Waals surface area contributed by atoms with Crippen molar-refractivity contribution in [2.45, 2.75) is 12.8 Å². The summed E-state index contributed by atoms with van der Waals surface area (Å²) in [6, 6.07) is 5.07. The van der Waals surface area contributed by atoms with E-state index in [4.69, 9.17) is 5.41 Å². The van der Waals surface area contributed by atoms with Crippen LogP contribution in [0.15, 0.2) is 41.0 Å². The maximum atomic E-state index is 6.83. The highest BCUT2D eigenvalue weighted by molar-refractivity contribution is 4.93. The zero-order valence-electron chi connectivity index (χ0n) is 6.29. The molecule has 0 unspecified atom stereocenters. The van der Waals surface area contributed by atoms with Gasteiger partial charge in [-0.25, -0.2) is 0 Å². The maximum absolute atomic E-state index is 6.83. The Morgan fingerprint density at radius 1 is 1.18 bits per heavy atom. The van der Waals surface area contributed by atoms with E-state index in [2.05, 4.69) is 16.6 Å². The first-order chi connectivity index (χ1) is 5.39. The molecule has 0 fully saturated rings. The third-order valence-electron chi connectivity index (χ3n) is 1.30. The number of allylic oxidation sites excluding steroid dienone is 2. The van der Waals surface area contributed by atoms with Crippen molar-refractivity contribution in [3.05, 3.63) is 42.2 Å². The number of hydrogen-bond donors (Lipinski definition) is 1. The molecule has 11 heavy (non-hydrogen) atoms. The first-order valence-electron chi connectivity index (χ1n) is 3.63. The Morgan fingerprint density at radius 3 is 2.00 bits per heavy atom. The number of rotatable bonds is 0. The molecule has 0 aliphatic heterocycles. The molecule has 0 saturated heterocycles. The zero-order chi connectivity index (χ0) is 7.94. The van der Waals surface area contributed by atoms with Gasteiger partial charge in [0.2, 0.25) is 5.55 Å². The lowest BCUT2D eigenvalue weighted by atomic mass is 10.1. The van der Waals surface area contributed by atoms with Crippen molar-refractivity contribution < 1.29 is 4.42 Å². The van der Waals surface area contributed by atoms with E-state index >= 15 is 0 Å². The molecule has 0 bridgehead atoms. The molecule has 1 aliphatic rings. The molecule has 1 aromatic heterocycles. The van der Waals surface area contributed by atoms with Gasteiger partial charge in [0.15, 0.2) is 0 Å². The van der Waals surface area contributed by atoms with Gasteiger partial charge in [0.1, 0.15) is 0 Å². The normalized spacial score (nSPS) is 12.7. The summed E-state index contributed by atoms with van der Waals surface area (Å²) in [5, 5.41) is 6.83. The Kier molecular flexibility index (Phi) is 3.19. The quantitative estimate of drug-likeness (QED) is 0.563. The van der Waals surface area contributed by atoms with E-state index in [1.165, 1.54) is 19.1 Å². The minimum Gasteiger partial charge on any atom is -0.447 e. The molecule has 2 rings (SSSR count). The summed E-state index contributed by atoms with van der Waals surface area (Å²) < 4.78 is 4.59. The lowest BCUT2D eigenvalue weighted by Crippen LogP contribution is -1.91. The van der Waals surface area contributed by atoms with Crippen LogP contribution in [0.3, 0.4) is 0 Å². The smallest absolute Gasteiger partial charge is 0.210 e. The topological polar surface area (TPSA) is 37.0 Å². The Labute approximate surface area is 65.7 Å². The molecule has 0 radical (unpaired) electrons. The molecule has 1 aromatic rings. The van der Waals surface area contributed by atoms with Crippen molar-refractivity contribution in [1.29, 1.82) is 5.41 Å². The highest BCUT2D eigenvalue weighted by Gasteiger charge is 1.81. The second kappa shape index (κ2) is 4.50. The van der Waals surface area contributed by atoms with E-state index in [0.29, 0.717) is 0 Å². The predicted molar refractivity (Wildman–Crippen MR) is 42.9 cm³/mol. The first kappa shape index (κ1) is 7.79. The number of nitrogens with one attached hydrogen (secondary N) is 1. The van der Waals surface area contributed by atoms with Crippen molar-refractivity contribution >= 4 is 0 Å². The molecule has 2 heteroatoms. The van der Waals surface area contributed by atoms with Crippen molar-refractivity contribution in [1.82, 2.24) is 0 Å². The Morgan fingerprint density at radius 2 is 1.82 bits per heavy atom. The molecular formula is C9H11NO. The van der Waals surface area contributed by atoms with Gasteiger partial charge in [0, 0.05) is 6.07 Å². The molecular weight excluding hydrogens is 138 g/mol. The summed E-state index contributed by atoms with van der Waals surface area (Å²) in [5.74, 6) is 0. The van der Waals surface area contributed by atoms with E-state index < -0.39 is 0 Å². The molecule has 1 aliphatic carbocycles. The minimum absolute atomic E-state index is 0.197. The molecule has 2 nitrogen and oxygen atoms in total. The Bertz CT molecular complexity index is 251. The van der Waals surface area contributed by atoms with Gasteiger partial charge in [-0.3, -0.25) is 5.41 Å². The SMILES string of the molecule is C1=CCC1.N=c1cccco1. The van der Waals surface area contributed by atoms with Gasteiger partial charge in [0.25, 0.3) is 0 Å². The maximum Gasteiger partial charge on any atom is 0.210 e. The molecule has 0 aromatic carbocycles. The van der Waals surface area contributed by atoms with Gasteiger partial charge in [-0.1, -0.05) is 18.2 Å². The van der Waals surface area contributed by atoms with Crippen molar-refractivity contribution in [3.63, 3.8) is 0 Å². The van der Waals surface area contributed by atoms with Gasteiger partial charge in [0.05, 0.1) is 6.26 Å². The lowest BCUT2D eigenvalue weighted by Gasteiger charge is -1.92. The molecule has 0 amide bonds. The van der Waals surface area contributed by atoms with Crippen LogP contribution >= 0.6 is 0 Å². The van der Waals surface area contributed by atoms with Crippen LogP contribution in [0, 0.1) is 5.41 Å². The molecule has 0 atom stereocenters. The van der Waals surface area contributed by atoms with Crippen LogP contribution in [0.2, 0.25) is 0 Å². The summed E-state index contributed by atoms with van der Waals surface area (Å²) in [6.45, 7) is 0. The van der Waals surface area contributed by atoms with E-state index in [1.807, 2.05) is 0 Å².